The lowest BCUT2D eigenvalue weighted by Gasteiger charge is -2.19. The maximum Gasteiger partial charge on any atom is 0.325 e. The van der Waals surface area contributed by atoms with E-state index in [4.69, 9.17) is 4.74 Å². The standard InChI is InChI=1S/C9H14N2O2S/c1-9(2,3)13-7(12)6-11-8-10-4-5-14-8/h4-5H,6H2,1-3H3,(H,10,11). The molecule has 0 spiro atoms. The first-order chi connectivity index (χ1) is 6.47. The Kier molecular flexibility index (Phi) is 3.46. The van der Waals surface area contributed by atoms with Crippen molar-refractivity contribution in [3.05, 3.63) is 11.6 Å². The second kappa shape index (κ2) is 4.41. The van der Waals surface area contributed by atoms with Crippen LogP contribution in [0.3, 0.4) is 0 Å². The van der Waals surface area contributed by atoms with Gasteiger partial charge in [-0.15, -0.1) is 11.3 Å². The average Bonchev–Trinajstić information content (AvgIpc) is 2.49. The van der Waals surface area contributed by atoms with E-state index in [-0.39, 0.29) is 12.5 Å². The van der Waals surface area contributed by atoms with Crippen molar-refractivity contribution in [1.29, 1.82) is 0 Å². The lowest BCUT2D eigenvalue weighted by molar-refractivity contribution is -0.152. The Morgan fingerprint density at radius 1 is 1.64 bits per heavy atom. The van der Waals surface area contributed by atoms with Gasteiger partial charge in [-0.05, 0) is 20.8 Å². The summed E-state index contributed by atoms with van der Waals surface area (Å²) in [6.45, 7) is 5.68. The first-order valence-corrected chi connectivity index (χ1v) is 5.20. The van der Waals surface area contributed by atoms with Gasteiger partial charge in [0.1, 0.15) is 12.1 Å². The minimum atomic E-state index is -0.429. The molecule has 1 N–H and O–H groups in total. The molecular weight excluding hydrogens is 200 g/mol. The molecule has 78 valence electrons. The Balaban J connectivity index is 2.29. The van der Waals surface area contributed by atoms with Gasteiger partial charge in [0.05, 0.1) is 0 Å². The van der Waals surface area contributed by atoms with Gasteiger partial charge in [-0.2, -0.15) is 0 Å². The van der Waals surface area contributed by atoms with Crippen LogP contribution in [-0.2, 0) is 9.53 Å². The van der Waals surface area contributed by atoms with Crippen LogP contribution in [0.2, 0.25) is 0 Å². The summed E-state index contributed by atoms with van der Waals surface area (Å²) >= 11 is 1.45. The molecule has 0 aromatic carbocycles. The van der Waals surface area contributed by atoms with Crippen LogP contribution in [0.1, 0.15) is 20.8 Å². The molecule has 0 aliphatic rings. The van der Waals surface area contributed by atoms with E-state index in [1.807, 2.05) is 26.2 Å². The van der Waals surface area contributed by atoms with E-state index in [1.165, 1.54) is 11.3 Å². The van der Waals surface area contributed by atoms with Crippen molar-refractivity contribution in [3.63, 3.8) is 0 Å². The average molecular weight is 214 g/mol. The summed E-state index contributed by atoms with van der Waals surface area (Å²) < 4.78 is 5.11. The highest BCUT2D eigenvalue weighted by molar-refractivity contribution is 7.13. The quantitative estimate of drug-likeness (QED) is 0.781. The Morgan fingerprint density at radius 2 is 2.36 bits per heavy atom. The van der Waals surface area contributed by atoms with Gasteiger partial charge in [0.15, 0.2) is 5.13 Å². The number of ether oxygens (including phenoxy) is 1. The lowest BCUT2D eigenvalue weighted by atomic mass is 10.2. The number of esters is 1. The summed E-state index contributed by atoms with van der Waals surface area (Å²) in [6, 6.07) is 0. The van der Waals surface area contributed by atoms with Crippen LogP contribution in [-0.4, -0.2) is 23.1 Å². The molecule has 0 amide bonds. The van der Waals surface area contributed by atoms with Crippen molar-refractivity contribution in [3.8, 4) is 0 Å². The number of nitrogens with zero attached hydrogens (tertiary/aromatic N) is 1. The number of hydrogen-bond donors (Lipinski definition) is 1. The molecule has 0 saturated carbocycles. The van der Waals surface area contributed by atoms with E-state index >= 15 is 0 Å². The molecule has 0 saturated heterocycles. The molecule has 0 fully saturated rings. The van der Waals surface area contributed by atoms with Gasteiger partial charge < -0.3 is 10.1 Å². The van der Waals surface area contributed by atoms with Crippen LogP contribution in [0.25, 0.3) is 0 Å². The second-order valence-electron chi connectivity index (χ2n) is 3.78. The zero-order valence-corrected chi connectivity index (χ0v) is 9.35. The fraction of sp³-hybridized carbons (Fsp3) is 0.556. The highest BCUT2D eigenvalue weighted by Gasteiger charge is 2.15. The van der Waals surface area contributed by atoms with Crippen LogP contribution >= 0.6 is 11.3 Å². The van der Waals surface area contributed by atoms with E-state index in [0.29, 0.717) is 0 Å². The molecule has 0 radical (unpaired) electrons. The summed E-state index contributed by atoms with van der Waals surface area (Å²) in [5, 5.41) is 5.46. The third-order valence-corrected chi connectivity index (χ3v) is 1.97. The lowest BCUT2D eigenvalue weighted by Crippen LogP contribution is -2.28. The SMILES string of the molecule is CC(C)(C)OC(=O)CNc1nccs1. The topological polar surface area (TPSA) is 51.2 Å². The zero-order valence-electron chi connectivity index (χ0n) is 8.53. The smallest absolute Gasteiger partial charge is 0.325 e. The number of rotatable bonds is 3. The summed E-state index contributed by atoms with van der Waals surface area (Å²) in [7, 11) is 0. The second-order valence-corrected chi connectivity index (χ2v) is 4.67. The molecular formula is C9H14N2O2S. The molecule has 1 aromatic rings. The third-order valence-electron chi connectivity index (χ3n) is 1.24. The molecule has 0 bridgehead atoms. The van der Waals surface area contributed by atoms with Crippen molar-refractivity contribution in [2.45, 2.75) is 26.4 Å². The third kappa shape index (κ3) is 4.23. The van der Waals surface area contributed by atoms with Gasteiger partial charge >= 0.3 is 5.97 Å². The number of anilines is 1. The Morgan fingerprint density at radius 3 is 2.86 bits per heavy atom. The van der Waals surface area contributed by atoms with Gasteiger partial charge in [-0.3, -0.25) is 4.79 Å². The number of nitrogens with one attached hydrogen (secondary N) is 1. The molecule has 0 atom stereocenters. The normalized spacial score (nSPS) is 11.1. The Hall–Kier alpha value is -1.10. The van der Waals surface area contributed by atoms with Crippen molar-refractivity contribution in [2.24, 2.45) is 0 Å². The molecule has 0 aliphatic heterocycles. The predicted molar refractivity (Wildman–Crippen MR) is 56.4 cm³/mol. The summed E-state index contributed by atoms with van der Waals surface area (Å²) in [6.07, 6.45) is 1.68. The van der Waals surface area contributed by atoms with Crippen molar-refractivity contribution >= 4 is 22.4 Å². The van der Waals surface area contributed by atoms with E-state index in [0.717, 1.165) is 5.13 Å². The van der Waals surface area contributed by atoms with Crippen LogP contribution in [0.5, 0.6) is 0 Å². The van der Waals surface area contributed by atoms with Crippen LogP contribution < -0.4 is 5.32 Å². The van der Waals surface area contributed by atoms with Crippen LogP contribution in [0, 0.1) is 0 Å². The minimum Gasteiger partial charge on any atom is -0.459 e. The monoisotopic (exact) mass is 214 g/mol. The van der Waals surface area contributed by atoms with E-state index in [2.05, 4.69) is 10.3 Å². The van der Waals surface area contributed by atoms with Gasteiger partial charge in [-0.1, -0.05) is 0 Å². The van der Waals surface area contributed by atoms with Gasteiger partial charge in [0.2, 0.25) is 0 Å². The summed E-state index contributed by atoms with van der Waals surface area (Å²) in [5.74, 6) is -0.271. The fourth-order valence-electron chi connectivity index (χ4n) is 0.836. The highest BCUT2D eigenvalue weighted by atomic mass is 32.1. The zero-order chi connectivity index (χ0) is 10.6. The van der Waals surface area contributed by atoms with Gasteiger partial charge in [-0.25, -0.2) is 4.98 Å². The van der Waals surface area contributed by atoms with Crippen molar-refractivity contribution < 1.29 is 9.53 Å². The highest BCUT2D eigenvalue weighted by Crippen LogP contribution is 2.11. The molecule has 5 heteroatoms. The number of aromatic nitrogens is 1. The van der Waals surface area contributed by atoms with E-state index < -0.39 is 5.60 Å². The number of carbonyl (C=O) groups excluding carboxylic acids is 1. The number of thiazole rings is 1. The molecule has 0 aliphatic carbocycles. The molecule has 4 nitrogen and oxygen atoms in total. The molecule has 0 unspecified atom stereocenters. The first-order valence-electron chi connectivity index (χ1n) is 4.32. The largest absolute Gasteiger partial charge is 0.459 e. The Bertz CT molecular complexity index is 290. The maximum atomic E-state index is 11.2. The predicted octanol–water partition coefficient (Wildman–Crippen LogP) is 1.90. The van der Waals surface area contributed by atoms with Crippen LogP contribution in [0.4, 0.5) is 5.13 Å². The molecule has 1 rings (SSSR count). The minimum absolute atomic E-state index is 0.158. The van der Waals surface area contributed by atoms with E-state index in [9.17, 15) is 4.79 Å². The van der Waals surface area contributed by atoms with Crippen LogP contribution in [0.15, 0.2) is 11.6 Å². The van der Waals surface area contributed by atoms with Crippen molar-refractivity contribution in [2.75, 3.05) is 11.9 Å². The summed E-state index contributed by atoms with van der Waals surface area (Å²) in [5.41, 5.74) is -0.429. The maximum absolute atomic E-state index is 11.2. The molecule has 1 aromatic heterocycles. The van der Waals surface area contributed by atoms with Gasteiger partial charge in [0.25, 0.3) is 0 Å². The molecule has 14 heavy (non-hydrogen) atoms. The first kappa shape index (κ1) is 11.0. The fourth-order valence-corrected chi connectivity index (χ4v) is 1.36. The van der Waals surface area contributed by atoms with Gasteiger partial charge in [0, 0.05) is 11.6 Å². The summed E-state index contributed by atoms with van der Waals surface area (Å²) in [4.78, 5) is 15.2. The molecule has 1 heterocycles. The van der Waals surface area contributed by atoms with Crippen molar-refractivity contribution in [1.82, 2.24) is 4.98 Å². The van der Waals surface area contributed by atoms with E-state index in [1.54, 1.807) is 6.20 Å². The Labute approximate surface area is 87.3 Å². The number of carbonyl (C=O) groups is 1. The number of hydrogen-bond acceptors (Lipinski definition) is 5.